The Hall–Kier alpha value is -3.24. The molecule has 32 heavy (non-hydrogen) atoms. The van der Waals surface area contributed by atoms with Gasteiger partial charge in [0.1, 0.15) is 0 Å². The zero-order chi connectivity index (χ0) is 23.5. The van der Waals surface area contributed by atoms with E-state index < -0.39 is 0 Å². The van der Waals surface area contributed by atoms with E-state index in [4.69, 9.17) is 0 Å². The van der Waals surface area contributed by atoms with Gasteiger partial charge in [-0.2, -0.15) is 0 Å². The number of rotatable bonds is 7. The molecule has 2 aromatic carbocycles. The minimum absolute atomic E-state index is 0.126. The topological polar surface area (TPSA) is 41.1 Å². The molecule has 0 radical (unpaired) electrons. The predicted molar refractivity (Wildman–Crippen MR) is 142 cm³/mol. The minimum atomic E-state index is -0.126. The van der Waals surface area contributed by atoms with Gasteiger partial charge in [-0.25, -0.2) is 0 Å². The van der Waals surface area contributed by atoms with Crippen molar-refractivity contribution in [3.05, 3.63) is 115 Å². The first-order chi connectivity index (χ1) is 15.4. The van der Waals surface area contributed by atoms with Gasteiger partial charge in [-0.3, -0.25) is 4.79 Å². The Bertz CT molecular complexity index is 1020. The van der Waals surface area contributed by atoms with E-state index in [1.165, 1.54) is 5.56 Å². The van der Waals surface area contributed by atoms with Gasteiger partial charge in [0.2, 0.25) is 0 Å². The number of carbonyl (C=O) groups excluding carboxylic acids is 1. The van der Waals surface area contributed by atoms with Crippen molar-refractivity contribution < 1.29 is 4.79 Å². The molecule has 0 saturated heterocycles. The molecule has 1 aliphatic rings. The second-order valence-electron chi connectivity index (χ2n) is 7.36. The quantitative estimate of drug-likeness (QED) is 0.338. The molecular formula is C28H32N2OS. The van der Waals surface area contributed by atoms with Gasteiger partial charge >= 0.3 is 0 Å². The van der Waals surface area contributed by atoms with Gasteiger partial charge in [0.25, 0.3) is 5.91 Å². The number of benzene rings is 2. The Morgan fingerprint density at radius 3 is 2.47 bits per heavy atom. The summed E-state index contributed by atoms with van der Waals surface area (Å²) >= 11 is 1.75. The minimum Gasteiger partial charge on any atom is -0.358 e. The number of nitrogens with one attached hydrogen (secondary N) is 2. The van der Waals surface area contributed by atoms with E-state index in [0.29, 0.717) is 10.8 Å². The van der Waals surface area contributed by atoms with E-state index >= 15 is 0 Å². The molecule has 1 aliphatic heterocycles. The Labute approximate surface area is 196 Å². The molecule has 1 atom stereocenters. The van der Waals surface area contributed by atoms with Crippen molar-refractivity contribution in [3.8, 4) is 0 Å². The number of carbonyl (C=O) groups is 1. The second-order valence-corrected chi connectivity index (χ2v) is 8.74. The van der Waals surface area contributed by atoms with Crippen molar-refractivity contribution in [3.63, 3.8) is 0 Å². The first-order valence-corrected chi connectivity index (χ1v) is 11.5. The van der Waals surface area contributed by atoms with Crippen LogP contribution >= 0.6 is 11.8 Å². The van der Waals surface area contributed by atoms with Crippen molar-refractivity contribution in [1.82, 2.24) is 0 Å². The summed E-state index contributed by atoms with van der Waals surface area (Å²) in [5, 5.41) is 6.59. The molecule has 1 heterocycles. The van der Waals surface area contributed by atoms with Crippen molar-refractivity contribution in [1.29, 1.82) is 0 Å². The summed E-state index contributed by atoms with van der Waals surface area (Å²) in [4.78, 5) is 13.8. The fourth-order valence-electron chi connectivity index (χ4n) is 3.06. The summed E-state index contributed by atoms with van der Waals surface area (Å²) in [6.07, 6.45) is 9.18. The number of allylic oxidation sites excluding steroid dienone is 5. The van der Waals surface area contributed by atoms with Gasteiger partial charge in [-0.15, -0.1) is 18.3 Å². The van der Waals surface area contributed by atoms with Gasteiger partial charge in [-0.1, -0.05) is 56.2 Å². The molecule has 0 fully saturated rings. The summed E-state index contributed by atoms with van der Waals surface area (Å²) in [5.74, 6) is -0.126. The number of anilines is 2. The normalized spacial score (nSPS) is 14.8. The van der Waals surface area contributed by atoms with Crippen LogP contribution in [0.2, 0.25) is 0 Å². The van der Waals surface area contributed by atoms with E-state index in [1.807, 2.05) is 61.5 Å². The van der Waals surface area contributed by atoms with Gasteiger partial charge in [0, 0.05) is 27.1 Å². The maximum atomic E-state index is 12.7. The van der Waals surface area contributed by atoms with Crippen LogP contribution in [-0.4, -0.2) is 11.2 Å². The maximum absolute atomic E-state index is 12.7. The van der Waals surface area contributed by atoms with Crippen LogP contribution in [0.4, 0.5) is 11.4 Å². The highest BCUT2D eigenvalue weighted by atomic mass is 32.2. The van der Waals surface area contributed by atoms with E-state index in [1.54, 1.807) is 23.9 Å². The van der Waals surface area contributed by atoms with E-state index in [2.05, 4.69) is 43.9 Å². The molecule has 2 N–H and O–H groups in total. The lowest BCUT2D eigenvalue weighted by atomic mass is 10.0. The summed E-state index contributed by atoms with van der Waals surface area (Å²) in [6, 6.07) is 13.7. The van der Waals surface area contributed by atoms with Gasteiger partial charge in [-0.05, 0) is 68.2 Å². The van der Waals surface area contributed by atoms with Crippen molar-refractivity contribution in [2.45, 2.75) is 36.8 Å². The highest BCUT2D eigenvalue weighted by molar-refractivity contribution is 8.00. The molecule has 3 nitrogen and oxygen atoms in total. The molecule has 0 spiro atoms. The first kappa shape index (κ1) is 25.0. The molecule has 166 valence electrons. The van der Waals surface area contributed by atoms with Gasteiger partial charge in [0.15, 0.2) is 0 Å². The van der Waals surface area contributed by atoms with Crippen molar-refractivity contribution in [2.75, 3.05) is 10.6 Å². The van der Waals surface area contributed by atoms with Crippen LogP contribution in [0.15, 0.2) is 109 Å². The molecule has 0 aromatic heterocycles. The molecule has 0 saturated carbocycles. The van der Waals surface area contributed by atoms with Crippen LogP contribution in [0.3, 0.4) is 0 Å². The fourth-order valence-corrected chi connectivity index (χ4v) is 4.02. The molecule has 1 amide bonds. The van der Waals surface area contributed by atoms with Crippen LogP contribution in [-0.2, 0) is 6.42 Å². The average Bonchev–Trinajstić information content (AvgIpc) is 2.78. The van der Waals surface area contributed by atoms with Crippen LogP contribution in [0.1, 0.15) is 36.2 Å². The zero-order valence-corrected chi connectivity index (χ0v) is 19.8. The SMILES string of the molecule is C=C/C=C(\C=C)CCc1ccc(NC(=O)c2ccc3c(c2)NC(=C)C(C)S3)cc1.C=CC. The molecule has 2 aromatic rings. The maximum Gasteiger partial charge on any atom is 0.255 e. The van der Waals surface area contributed by atoms with Crippen molar-refractivity contribution >= 4 is 29.0 Å². The first-order valence-electron chi connectivity index (χ1n) is 10.6. The number of hydrogen-bond donors (Lipinski definition) is 2. The highest BCUT2D eigenvalue weighted by Gasteiger charge is 2.20. The largest absolute Gasteiger partial charge is 0.358 e. The van der Waals surface area contributed by atoms with E-state index in [0.717, 1.165) is 40.4 Å². The monoisotopic (exact) mass is 444 g/mol. The summed E-state index contributed by atoms with van der Waals surface area (Å²) in [7, 11) is 0. The summed E-state index contributed by atoms with van der Waals surface area (Å²) in [6.45, 7) is 19.0. The third-order valence-electron chi connectivity index (χ3n) is 4.84. The van der Waals surface area contributed by atoms with Crippen LogP contribution < -0.4 is 10.6 Å². The Morgan fingerprint density at radius 2 is 1.84 bits per heavy atom. The molecule has 0 bridgehead atoms. The lowest BCUT2D eigenvalue weighted by Gasteiger charge is -2.25. The average molecular weight is 445 g/mol. The highest BCUT2D eigenvalue weighted by Crippen LogP contribution is 2.39. The third kappa shape index (κ3) is 7.17. The number of thioether (sulfide) groups is 1. The van der Waals surface area contributed by atoms with Gasteiger partial charge in [0.05, 0.1) is 5.69 Å². The third-order valence-corrected chi connectivity index (χ3v) is 6.09. The summed E-state index contributed by atoms with van der Waals surface area (Å²) < 4.78 is 0. The lowest BCUT2D eigenvalue weighted by molar-refractivity contribution is 0.102. The number of hydrogen-bond acceptors (Lipinski definition) is 3. The molecule has 1 unspecified atom stereocenters. The smallest absolute Gasteiger partial charge is 0.255 e. The molecule has 4 heteroatoms. The molecule has 3 rings (SSSR count). The number of aryl methyl sites for hydroxylation is 1. The molecule has 0 aliphatic carbocycles. The zero-order valence-electron chi connectivity index (χ0n) is 19.0. The van der Waals surface area contributed by atoms with E-state index in [-0.39, 0.29) is 5.91 Å². The lowest BCUT2D eigenvalue weighted by Crippen LogP contribution is -2.17. The van der Waals surface area contributed by atoms with E-state index in [9.17, 15) is 4.79 Å². The number of fused-ring (bicyclic) bond motifs is 1. The van der Waals surface area contributed by atoms with Crippen molar-refractivity contribution in [2.24, 2.45) is 0 Å². The Balaban J connectivity index is 0.00000114. The second kappa shape index (κ2) is 12.6. The summed E-state index contributed by atoms with van der Waals surface area (Å²) in [5.41, 5.74) is 5.66. The van der Waals surface area contributed by atoms with Crippen LogP contribution in [0.5, 0.6) is 0 Å². The Morgan fingerprint density at radius 1 is 1.16 bits per heavy atom. The van der Waals surface area contributed by atoms with Gasteiger partial charge < -0.3 is 10.6 Å². The van der Waals surface area contributed by atoms with Crippen LogP contribution in [0, 0.1) is 0 Å². The Kier molecular flexibility index (Phi) is 9.83. The standard InChI is InChI=1S/C25H26N2OS.C3H6/c1-5-7-19(6-2)8-9-20-10-13-22(14-11-20)27-25(28)21-12-15-24-23(16-21)26-17(3)18(4)29-24;1-3-2/h5-7,10-16,18,26H,1-3,8-9H2,4H3,(H,27,28);3H,1H2,2H3/b19-7+;. The molecular weight excluding hydrogens is 412 g/mol. The van der Waals surface area contributed by atoms with Crippen LogP contribution in [0.25, 0.3) is 0 Å². The number of amides is 1. The fraction of sp³-hybridized carbons (Fsp3) is 0.179. The predicted octanol–water partition coefficient (Wildman–Crippen LogP) is 7.78.